The van der Waals surface area contributed by atoms with Crippen LogP contribution < -0.4 is 10.6 Å². The van der Waals surface area contributed by atoms with E-state index in [4.69, 9.17) is 4.52 Å². The molecule has 7 nitrogen and oxygen atoms in total. The van der Waals surface area contributed by atoms with Crippen molar-refractivity contribution in [3.63, 3.8) is 0 Å². The smallest absolute Gasteiger partial charge is 0.248 e. The Labute approximate surface area is 143 Å². The quantitative estimate of drug-likeness (QED) is 0.830. The van der Waals surface area contributed by atoms with Crippen molar-refractivity contribution in [1.29, 1.82) is 0 Å². The molecule has 1 aromatic rings. The first-order valence-electron chi connectivity index (χ1n) is 8.66. The van der Waals surface area contributed by atoms with Gasteiger partial charge in [-0.25, -0.2) is 0 Å². The molecule has 24 heavy (non-hydrogen) atoms. The molecular weight excluding hydrogens is 308 g/mol. The summed E-state index contributed by atoms with van der Waals surface area (Å²) in [6.07, 6.45) is 5.16. The molecule has 1 aliphatic rings. The average molecular weight is 336 g/mol. The molecule has 7 heteroatoms. The summed E-state index contributed by atoms with van der Waals surface area (Å²) in [5, 5.41) is 9.38. The monoisotopic (exact) mass is 336 g/mol. The van der Waals surface area contributed by atoms with Crippen LogP contribution in [0.15, 0.2) is 4.52 Å². The minimum Gasteiger partial charge on any atom is -0.347 e. The highest BCUT2D eigenvalue weighted by Gasteiger charge is 2.24. The van der Waals surface area contributed by atoms with Gasteiger partial charge < -0.3 is 15.2 Å². The highest BCUT2D eigenvalue weighted by Crippen LogP contribution is 2.27. The van der Waals surface area contributed by atoms with Gasteiger partial charge in [0, 0.05) is 11.8 Å². The Morgan fingerprint density at radius 1 is 1.25 bits per heavy atom. The fourth-order valence-corrected chi connectivity index (χ4v) is 2.80. The molecule has 1 fully saturated rings. The zero-order chi connectivity index (χ0) is 17.7. The molecule has 134 valence electrons. The van der Waals surface area contributed by atoms with Crippen LogP contribution in [0.3, 0.4) is 0 Å². The van der Waals surface area contributed by atoms with Gasteiger partial charge in [0.2, 0.25) is 17.7 Å². The first kappa shape index (κ1) is 18.4. The molecule has 0 spiro atoms. The van der Waals surface area contributed by atoms with Crippen LogP contribution in [-0.2, 0) is 15.0 Å². The Hall–Kier alpha value is -1.92. The number of hydrogen-bond acceptors (Lipinski definition) is 5. The molecule has 1 heterocycles. The minimum absolute atomic E-state index is 0.0316. The number of amides is 2. The Morgan fingerprint density at radius 2 is 1.92 bits per heavy atom. The summed E-state index contributed by atoms with van der Waals surface area (Å²) in [7, 11) is 0. The lowest BCUT2D eigenvalue weighted by Crippen LogP contribution is -2.38. The molecule has 0 aromatic carbocycles. The second-order valence-corrected chi connectivity index (χ2v) is 7.63. The summed E-state index contributed by atoms with van der Waals surface area (Å²) >= 11 is 0. The molecule has 1 aliphatic carbocycles. The van der Waals surface area contributed by atoms with Crippen molar-refractivity contribution in [2.45, 2.75) is 71.3 Å². The third-order valence-corrected chi connectivity index (χ3v) is 4.26. The number of carbonyl (C=O) groups excluding carboxylic acids is 2. The van der Waals surface area contributed by atoms with Crippen LogP contribution in [0.2, 0.25) is 0 Å². The van der Waals surface area contributed by atoms with Crippen molar-refractivity contribution in [3.05, 3.63) is 11.7 Å². The molecule has 1 atom stereocenters. The van der Waals surface area contributed by atoms with Crippen molar-refractivity contribution in [3.8, 4) is 0 Å². The maximum absolute atomic E-state index is 12.0. The third kappa shape index (κ3) is 5.32. The lowest BCUT2D eigenvalue weighted by molar-refractivity contribution is -0.127. The Kier molecular flexibility index (Phi) is 5.96. The summed E-state index contributed by atoms with van der Waals surface area (Å²) in [6.45, 7) is 7.72. The predicted octanol–water partition coefficient (Wildman–Crippen LogP) is 2.24. The molecule has 1 aromatic heterocycles. The van der Waals surface area contributed by atoms with Crippen LogP contribution in [0, 0.1) is 5.92 Å². The second-order valence-electron chi connectivity index (χ2n) is 7.63. The molecule has 0 bridgehead atoms. The van der Waals surface area contributed by atoms with E-state index in [1.807, 2.05) is 20.8 Å². The van der Waals surface area contributed by atoms with E-state index < -0.39 is 6.04 Å². The van der Waals surface area contributed by atoms with Gasteiger partial charge in [-0.05, 0) is 25.7 Å². The lowest BCUT2D eigenvalue weighted by atomic mass is 9.96. The molecule has 2 amide bonds. The molecule has 1 saturated carbocycles. The second kappa shape index (κ2) is 7.77. The number of nitrogens with one attached hydrogen (secondary N) is 2. The predicted molar refractivity (Wildman–Crippen MR) is 89.1 cm³/mol. The van der Waals surface area contributed by atoms with Gasteiger partial charge in [-0.15, -0.1) is 0 Å². The molecule has 0 unspecified atom stereocenters. The van der Waals surface area contributed by atoms with E-state index in [-0.39, 0.29) is 23.8 Å². The molecule has 0 saturated heterocycles. The topological polar surface area (TPSA) is 97.1 Å². The number of aromatic nitrogens is 2. The largest absolute Gasteiger partial charge is 0.347 e. The summed E-state index contributed by atoms with van der Waals surface area (Å²) in [4.78, 5) is 28.1. The van der Waals surface area contributed by atoms with Gasteiger partial charge in [-0.3, -0.25) is 9.59 Å². The van der Waals surface area contributed by atoms with Gasteiger partial charge in [0.15, 0.2) is 5.82 Å². The van der Waals surface area contributed by atoms with Crippen LogP contribution in [0.1, 0.15) is 77.6 Å². The fraction of sp³-hybridized carbons (Fsp3) is 0.765. The summed E-state index contributed by atoms with van der Waals surface area (Å²) in [5.41, 5.74) is -0.209. The number of nitrogens with zero attached hydrogens (tertiary/aromatic N) is 2. The van der Waals surface area contributed by atoms with Crippen LogP contribution in [0.5, 0.6) is 0 Å². The average Bonchev–Trinajstić information content (AvgIpc) is 3.15. The highest BCUT2D eigenvalue weighted by molar-refractivity contribution is 5.84. The van der Waals surface area contributed by atoms with Gasteiger partial charge in [0.05, 0.1) is 6.54 Å². The Balaban J connectivity index is 1.75. The first-order valence-corrected chi connectivity index (χ1v) is 8.66. The molecular formula is C17H28N4O3. The van der Waals surface area contributed by atoms with E-state index in [1.54, 1.807) is 6.92 Å². The van der Waals surface area contributed by atoms with Gasteiger partial charge >= 0.3 is 0 Å². The third-order valence-electron chi connectivity index (χ3n) is 4.26. The standard InChI is InChI=1S/C17H28N4O3/c1-11(15-20-16(21-24-15)17(2,3)4)19-14(23)10-18-13(22)9-12-7-5-6-8-12/h11-12H,5-10H2,1-4H3,(H,18,22)(H,19,23)/t11-/m0/s1. The van der Waals surface area contributed by atoms with E-state index in [2.05, 4.69) is 20.8 Å². The van der Waals surface area contributed by atoms with Crippen molar-refractivity contribution < 1.29 is 14.1 Å². The van der Waals surface area contributed by atoms with Crippen molar-refractivity contribution in [1.82, 2.24) is 20.8 Å². The normalized spacial score (nSPS) is 16.8. The summed E-state index contributed by atoms with van der Waals surface area (Å²) < 4.78 is 5.20. The first-order chi connectivity index (χ1) is 11.3. The Bertz CT molecular complexity index is 571. The van der Waals surface area contributed by atoms with Gasteiger partial charge in [-0.1, -0.05) is 38.8 Å². The fourth-order valence-electron chi connectivity index (χ4n) is 2.80. The van der Waals surface area contributed by atoms with Gasteiger partial charge in [0.1, 0.15) is 6.04 Å². The van der Waals surface area contributed by atoms with Crippen LogP contribution in [0.25, 0.3) is 0 Å². The van der Waals surface area contributed by atoms with E-state index in [1.165, 1.54) is 12.8 Å². The minimum atomic E-state index is -0.396. The van der Waals surface area contributed by atoms with Gasteiger partial charge in [0.25, 0.3) is 0 Å². The van der Waals surface area contributed by atoms with E-state index in [0.717, 1.165) is 12.8 Å². The SMILES string of the molecule is C[C@H](NC(=O)CNC(=O)CC1CCCC1)c1nc(C(C)(C)C)no1. The number of hydrogen-bond donors (Lipinski definition) is 2. The van der Waals surface area contributed by atoms with Crippen molar-refractivity contribution in [2.24, 2.45) is 5.92 Å². The molecule has 0 radical (unpaired) electrons. The molecule has 2 N–H and O–H groups in total. The number of rotatable bonds is 6. The van der Waals surface area contributed by atoms with E-state index in [9.17, 15) is 9.59 Å². The highest BCUT2D eigenvalue weighted by atomic mass is 16.5. The molecule has 2 rings (SSSR count). The number of carbonyl (C=O) groups is 2. The van der Waals surface area contributed by atoms with Crippen LogP contribution in [-0.4, -0.2) is 28.5 Å². The van der Waals surface area contributed by atoms with Crippen LogP contribution in [0.4, 0.5) is 0 Å². The zero-order valence-corrected chi connectivity index (χ0v) is 15.0. The van der Waals surface area contributed by atoms with Crippen molar-refractivity contribution in [2.75, 3.05) is 6.54 Å². The van der Waals surface area contributed by atoms with Crippen LogP contribution >= 0.6 is 0 Å². The lowest BCUT2D eigenvalue weighted by Gasteiger charge is -2.13. The van der Waals surface area contributed by atoms with Gasteiger partial charge in [-0.2, -0.15) is 4.98 Å². The maximum atomic E-state index is 12.0. The van der Waals surface area contributed by atoms with E-state index in [0.29, 0.717) is 24.1 Å². The van der Waals surface area contributed by atoms with Crippen molar-refractivity contribution >= 4 is 11.8 Å². The maximum Gasteiger partial charge on any atom is 0.248 e. The molecule has 0 aliphatic heterocycles. The summed E-state index contributed by atoms with van der Waals surface area (Å²) in [5.74, 6) is 1.12. The van der Waals surface area contributed by atoms with E-state index >= 15 is 0 Å². The summed E-state index contributed by atoms with van der Waals surface area (Å²) in [6, 6.07) is -0.396. The Morgan fingerprint density at radius 3 is 2.50 bits per heavy atom. The zero-order valence-electron chi connectivity index (χ0n) is 15.0.